The first-order valence-corrected chi connectivity index (χ1v) is 12.4. The maximum absolute atomic E-state index is 15.6. The van der Waals surface area contributed by atoms with Crippen molar-refractivity contribution in [2.24, 2.45) is 11.8 Å². The summed E-state index contributed by atoms with van der Waals surface area (Å²) in [7, 11) is 0. The number of fused-ring (bicyclic) bond motifs is 1. The van der Waals surface area contributed by atoms with Gasteiger partial charge in [0.15, 0.2) is 0 Å². The first-order valence-electron chi connectivity index (χ1n) is 12.4. The SMILES string of the molecule is C=C1CCC(N2Cc3c(ccc(C[C@H]4CCCC[C@@H]4NCC4CC(F)(F)C4)c3F)C2=O)C(=O)N1. The highest BCUT2D eigenvalue weighted by molar-refractivity contribution is 6.01. The van der Waals surface area contributed by atoms with E-state index in [1.165, 1.54) is 4.90 Å². The predicted octanol–water partition coefficient (Wildman–Crippen LogP) is 4.31. The van der Waals surface area contributed by atoms with Crippen molar-refractivity contribution in [3.05, 3.63) is 46.9 Å². The quantitative estimate of drug-likeness (QED) is 0.645. The number of benzene rings is 1. The summed E-state index contributed by atoms with van der Waals surface area (Å²) in [6.07, 6.45) is 5.63. The molecule has 0 radical (unpaired) electrons. The molecule has 4 aliphatic rings. The van der Waals surface area contributed by atoms with Crippen LogP contribution in [0.2, 0.25) is 0 Å². The second-order valence-corrected chi connectivity index (χ2v) is 10.5. The fraction of sp³-hybridized carbons (Fsp3) is 0.615. The molecule has 2 aliphatic carbocycles. The second-order valence-electron chi connectivity index (χ2n) is 10.5. The lowest BCUT2D eigenvalue weighted by Crippen LogP contribution is -2.49. The number of carbonyl (C=O) groups excluding carboxylic acids is 2. The summed E-state index contributed by atoms with van der Waals surface area (Å²) >= 11 is 0. The van der Waals surface area contributed by atoms with Crippen molar-refractivity contribution in [1.29, 1.82) is 0 Å². The fourth-order valence-corrected chi connectivity index (χ4v) is 6.14. The molecule has 8 heteroatoms. The van der Waals surface area contributed by atoms with E-state index in [1.807, 2.05) is 0 Å². The van der Waals surface area contributed by atoms with E-state index in [0.29, 0.717) is 48.2 Å². The van der Waals surface area contributed by atoms with E-state index < -0.39 is 12.0 Å². The molecule has 1 aromatic carbocycles. The van der Waals surface area contributed by atoms with E-state index in [9.17, 15) is 18.4 Å². The molecule has 3 fully saturated rings. The molecule has 184 valence electrons. The zero-order chi connectivity index (χ0) is 24.0. The van der Waals surface area contributed by atoms with Crippen LogP contribution >= 0.6 is 0 Å². The number of allylic oxidation sites excluding steroid dienone is 1. The number of amides is 2. The monoisotopic (exact) mass is 475 g/mol. The molecular formula is C26H32F3N3O2. The average Bonchev–Trinajstić information content (AvgIpc) is 3.10. The van der Waals surface area contributed by atoms with Gasteiger partial charge in [-0.25, -0.2) is 13.2 Å². The Kier molecular flexibility index (Phi) is 6.21. The Morgan fingerprint density at radius 2 is 1.91 bits per heavy atom. The van der Waals surface area contributed by atoms with Crippen LogP contribution in [0.1, 0.15) is 72.9 Å². The number of nitrogens with one attached hydrogen (secondary N) is 2. The summed E-state index contributed by atoms with van der Waals surface area (Å²) < 4.78 is 41.9. The van der Waals surface area contributed by atoms with Crippen LogP contribution in [0.3, 0.4) is 0 Å². The molecular weight excluding hydrogens is 443 g/mol. The molecule has 2 saturated carbocycles. The highest BCUT2D eigenvalue weighted by Crippen LogP contribution is 2.42. The molecule has 3 atom stereocenters. The molecule has 1 saturated heterocycles. The molecule has 1 aromatic rings. The fourth-order valence-electron chi connectivity index (χ4n) is 6.14. The van der Waals surface area contributed by atoms with E-state index in [1.54, 1.807) is 12.1 Å². The van der Waals surface area contributed by atoms with Crippen LogP contribution in [0.4, 0.5) is 13.2 Å². The summed E-state index contributed by atoms with van der Waals surface area (Å²) in [6, 6.07) is 2.97. The summed E-state index contributed by atoms with van der Waals surface area (Å²) in [5.74, 6) is -3.19. The van der Waals surface area contributed by atoms with Crippen LogP contribution in [0.25, 0.3) is 0 Å². The number of hydrogen-bond acceptors (Lipinski definition) is 3. The number of rotatable bonds is 6. The van der Waals surface area contributed by atoms with Crippen molar-refractivity contribution in [3.63, 3.8) is 0 Å². The predicted molar refractivity (Wildman–Crippen MR) is 122 cm³/mol. The molecule has 0 aromatic heterocycles. The van der Waals surface area contributed by atoms with Crippen molar-refractivity contribution in [2.45, 2.75) is 82.3 Å². The van der Waals surface area contributed by atoms with Crippen molar-refractivity contribution in [1.82, 2.24) is 15.5 Å². The van der Waals surface area contributed by atoms with Crippen LogP contribution in [0.15, 0.2) is 24.4 Å². The van der Waals surface area contributed by atoms with Gasteiger partial charge in [-0.15, -0.1) is 0 Å². The smallest absolute Gasteiger partial charge is 0.255 e. The maximum Gasteiger partial charge on any atom is 0.255 e. The van der Waals surface area contributed by atoms with Crippen molar-refractivity contribution in [2.75, 3.05) is 6.54 Å². The largest absolute Gasteiger partial charge is 0.329 e. The Morgan fingerprint density at radius 1 is 1.15 bits per heavy atom. The molecule has 5 rings (SSSR count). The highest BCUT2D eigenvalue weighted by Gasteiger charge is 2.45. The van der Waals surface area contributed by atoms with E-state index >= 15 is 4.39 Å². The lowest BCUT2D eigenvalue weighted by molar-refractivity contribution is -0.126. The van der Waals surface area contributed by atoms with Gasteiger partial charge >= 0.3 is 0 Å². The molecule has 0 bridgehead atoms. The molecule has 34 heavy (non-hydrogen) atoms. The Hall–Kier alpha value is -2.35. The van der Waals surface area contributed by atoms with Gasteiger partial charge in [-0.2, -0.15) is 0 Å². The molecule has 2 aliphatic heterocycles. The third-order valence-corrected chi connectivity index (χ3v) is 8.08. The number of piperidine rings is 1. The summed E-state index contributed by atoms with van der Waals surface area (Å²) in [4.78, 5) is 26.8. The maximum atomic E-state index is 15.6. The zero-order valence-electron chi connectivity index (χ0n) is 19.3. The number of nitrogens with zero attached hydrogens (tertiary/aromatic N) is 1. The van der Waals surface area contributed by atoms with Crippen LogP contribution in [-0.4, -0.2) is 41.3 Å². The van der Waals surface area contributed by atoms with Crippen molar-refractivity contribution >= 4 is 11.8 Å². The van der Waals surface area contributed by atoms with Gasteiger partial charge in [0.1, 0.15) is 11.9 Å². The molecule has 5 nitrogen and oxygen atoms in total. The molecule has 2 heterocycles. The van der Waals surface area contributed by atoms with Crippen LogP contribution in [-0.2, 0) is 17.8 Å². The van der Waals surface area contributed by atoms with E-state index in [-0.39, 0.29) is 54.9 Å². The van der Waals surface area contributed by atoms with Gasteiger partial charge in [0.25, 0.3) is 5.91 Å². The minimum absolute atomic E-state index is 0.0143. The minimum Gasteiger partial charge on any atom is -0.329 e. The van der Waals surface area contributed by atoms with Gasteiger partial charge in [0.05, 0.1) is 6.54 Å². The van der Waals surface area contributed by atoms with Crippen LogP contribution in [0.5, 0.6) is 0 Å². The van der Waals surface area contributed by atoms with E-state index in [2.05, 4.69) is 17.2 Å². The molecule has 2 amide bonds. The van der Waals surface area contributed by atoms with Crippen LogP contribution < -0.4 is 10.6 Å². The normalized spacial score (nSPS) is 29.1. The van der Waals surface area contributed by atoms with Gasteiger partial charge in [-0.1, -0.05) is 25.5 Å². The van der Waals surface area contributed by atoms with Gasteiger partial charge in [0.2, 0.25) is 11.8 Å². The second kappa shape index (κ2) is 9.02. The minimum atomic E-state index is -2.51. The standard InChI is InChI=1S/C26H32F3N3O2/c1-15-6-9-22(24(33)31-15)32-14-20-19(25(32)34)8-7-18(23(20)27)10-17-4-2-3-5-21(17)30-13-16-11-26(28,29)12-16/h7-8,16-17,21-22,30H,1-6,9-14H2,(H,31,33)/t17-,21+,22?/m1/s1. The third kappa shape index (κ3) is 4.49. The zero-order valence-corrected chi connectivity index (χ0v) is 19.3. The van der Waals surface area contributed by atoms with Gasteiger partial charge in [-0.3, -0.25) is 9.59 Å². The number of hydrogen-bond donors (Lipinski definition) is 2. The van der Waals surface area contributed by atoms with Crippen LogP contribution in [0, 0.1) is 17.7 Å². The third-order valence-electron chi connectivity index (χ3n) is 8.08. The molecule has 0 spiro atoms. The number of alkyl halides is 2. The van der Waals surface area contributed by atoms with Gasteiger partial charge in [-0.05, 0) is 62.1 Å². The molecule has 2 N–H and O–H groups in total. The number of carbonyl (C=O) groups is 2. The topological polar surface area (TPSA) is 61.4 Å². The van der Waals surface area contributed by atoms with E-state index in [4.69, 9.17) is 0 Å². The lowest BCUT2D eigenvalue weighted by Gasteiger charge is -2.38. The first kappa shape index (κ1) is 23.4. The highest BCUT2D eigenvalue weighted by atomic mass is 19.3. The average molecular weight is 476 g/mol. The lowest BCUT2D eigenvalue weighted by atomic mass is 9.78. The van der Waals surface area contributed by atoms with Crippen molar-refractivity contribution in [3.8, 4) is 0 Å². The van der Waals surface area contributed by atoms with Crippen molar-refractivity contribution < 1.29 is 22.8 Å². The van der Waals surface area contributed by atoms with Gasteiger partial charge < -0.3 is 15.5 Å². The number of halogens is 3. The Balaban J connectivity index is 1.26. The first-order chi connectivity index (χ1) is 16.2. The summed E-state index contributed by atoms with van der Waals surface area (Å²) in [6.45, 7) is 4.46. The Morgan fingerprint density at radius 3 is 2.65 bits per heavy atom. The Bertz CT molecular complexity index is 1000. The summed E-state index contributed by atoms with van der Waals surface area (Å²) in [5.41, 5.74) is 1.93. The summed E-state index contributed by atoms with van der Waals surface area (Å²) in [5, 5.41) is 6.20. The van der Waals surface area contributed by atoms with Gasteiger partial charge in [0, 0.05) is 35.7 Å². The molecule has 1 unspecified atom stereocenters. The Labute approximate surface area is 198 Å². The van der Waals surface area contributed by atoms with E-state index in [0.717, 1.165) is 25.7 Å².